The molecule has 15 heteroatoms. The topological polar surface area (TPSA) is 124 Å². The van der Waals surface area contributed by atoms with Crippen LogP contribution in [0.1, 0.15) is 5.56 Å². The summed E-state index contributed by atoms with van der Waals surface area (Å²) in [5.41, 5.74) is -1.40. The molecule has 0 unspecified atom stereocenters. The Balaban J connectivity index is 1.76. The molecule has 10 nitrogen and oxygen atoms in total. The third-order valence-electron chi connectivity index (χ3n) is 5.46. The number of benzene rings is 2. The number of carbonyl (C=O) groups excluding carboxylic acids is 1. The molecule has 2 aromatic heterocycles. The van der Waals surface area contributed by atoms with Crippen LogP contribution in [0.3, 0.4) is 0 Å². The number of hydrogen-bond acceptors (Lipinski definition) is 8. The zero-order valence-corrected chi connectivity index (χ0v) is 21.6. The molecule has 2 aromatic carbocycles. The van der Waals surface area contributed by atoms with Gasteiger partial charge in [-0.15, -0.1) is 0 Å². The number of ether oxygens (including phenoxy) is 2. The molecular formula is C25H20F4N4O6S. The van der Waals surface area contributed by atoms with Gasteiger partial charge in [-0.3, -0.25) is 14.4 Å². The van der Waals surface area contributed by atoms with Crippen LogP contribution in [0.5, 0.6) is 5.75 Å². The summed E-state index contributed by atoms with van der Waals surface area (Å²) in [4.78, 5) is 17.7. The summed E-state index contributed by atoms with van der Waals surface area (Å²) in [6.45, 7) is -0.477. The molecule has 2 heterocycles. The van der Waals surface area contributed by atoms with Crippen LogP contribution in [-0.2, 0) is 25.7 Å². The van der Waals surface area contributed by atoms with E-state index in [0.29, 0.717) is 0 Å². The molecule has 0 bridgehead atoms. The quantitative estimate of drug-likeness (QED) is 0.274. The molecule has 4 aromatic rings. The van der Waals surface area contributed by atoms with Crippen molar-refractivity contribution in [2.75, 3.05) is 30.4 Å². The fourth-order valence-corrected chi connectivity index (χ4v) is 4.60. The second-order valence-corrected chi connectivity index (χ2v) is 9.77. The second-order valence-electron chi connectivity index (χ2n) is 8.09. The molecule has 4 rings (SSSR count). The Kier molecular flexibility index (Phi) is 8.06. The first-order valence-corrected chi connectivity index (χ1v) is 12.7. The van der Waals surface area contributed by atoms with E-state index in [9.17, 15) is 26.4 Å². The van der Waals surface area contributed by atoms with E-state index in [4.69, 9.17) is 9.47 Å². The molecular weight excluding hydrogens is 560 g/mol. The first-order valence-electron chi connectivity index (χ1n) is 11.2. The van der Waals surface area contributed by atoms with Gasteiger partial charge in [0.2, 0.25) is 0 Å². The largest absolute Gasteiger partial charge is 0.495 e. The lowest BCUT2D eigenvalue weighted by Crippen LogP contribution is -2.30. The Bertz CT molecular complexity index is 1610. The second kappa shape index (κ2) is 11.3. The number of sulfonamides is 1. The molecule has 40 heavy (non-hydrogen) atoms. The number of methoxy groups -OCH3 is 2. The fourth-order valence-electron chi connectivity index (χ4n) is 3.66. The van der Waals surface area contributed by atoms with Crippen LogP contribution in [-0.4, -0.2) is 45.3 Å². The van der Waals surface area contributed by atoms with E-state index in [1.807, 2.05) is 0 Å². The number of nitrogens with one attached hydrogen (secondary N) is 1. The molecule has 0 aliphatic carbocycles. The number of alkyl halides is 3. The third-order valence-corrected chi connectivity index (χ3v) is 6.80. The van der Waals surface area contributed by atoms with E-state index >= 15 is 4.39 Å². The van der Waals surface area contributed by atoms with Crippen LogP contribution >= 0.6 is 0 Å². The maximum absolute atomic E-state index is 15.4. The molecule has 0 radical (unpaired) electrons. The summed E-state index contributed by atoms with van der Waals surface area (Å²) in [6.07, 6.45) is -2.51. The summed E-state index contributed by atoms with van der Waals surface area (Å²) in [7, 11) is -1.64. The van der Waals surface area contributed by atoms with Crippen LogP contribution < -0.4 is 14.4 Å². The molecule has 210 valence electrons. The van der Waals surface area contributed by atoms with Crippen molar-refractivity contribution in [2.24, 2.45) is 0 Å². The first-order chi connectivity index (χ1) is 18.9. The van der Waals surface area contributed by atoms with Crippen LogP contribution in [0, 0.1) is 5.82 Å². The predicted octanol–water partition coefficient (Wildman–Crippen LogP) is 5.02. The van der Waals surface area contributed by atoms with Gasteiger partial charge in [0, 0.05) is 31.0 Å². The van der Waals surface area contributed by atoms with Crippen molar-refractivity contribution >= 4 is 33.3 Å². The molecule has 0 saturated carbocycles. The minimum Gasteiger partial charge on any atom is -0.495 e. The molecule has 0 atom stereocenters. The highest BCUT2D eigenvalue weighted by atomic mass is 32.2. The van der Waals surface area contributed by atoms with E-state index in [2.05, 4.69) is 19.4 Å². The maximum Gasteiger partial charge on any atom is 0.416 e. The van der Waals surface area contributed by atoms with Crippen molar-refractivity contribution in [1.82, 2.24) is 10.1 Å². The average Bonchev–Trinajstić information content (AvgIpc) is 3.41. The molecule has 1 N–H and O–H groups in total. The average molecular weight is 581 g/mol. The van der Waals surface area contributed by atoms with Crippen molar-refractivity contribution in [3.8, 4) is 16.9 Å². The van der Waals surface area contributed by atoms with Crippen LogP contribution in [0.25, 0.3) is 11.1 Å². The maximum atomic E-state index is 15.4. The van der Waals surface area contributed by atoms with Crippen LogP contribution in [0.2, 0.25) is 0 Å². The Morgan fingerprint density at radius 1 is 1.10 bits per heavy atom. The molecule has 0 aliphatic rings. The molecule has 0 saturated heterocycles. The van der Waals surface area contributed by atoms with Crippen molar-refractivity contribution in [3.05, 3.63) is 78.4 Å². The molecule has 0 spiro atoms. The predicted molar refractivity (Wildman–Crippen MR) is 134 cm³/mol. The summed E-state index contributed by atoms with van der Waals surface area (Å²) in [5.74, 6) is -1.95. The smallest absolute Gasteiger partial charge is 0.416 e. The van der Waals surface area contributed by atoms with Crippen molar-refractivity contribution in [2.45, 2.75) is 11.1 Å². The van der Waals surface area contributed by atoms with Gasteiger partial charge in [-0.1, -0.05) is 17.3 Å². The van der Waals surface area contributed by atoms with E-state index in [0.717, 1.165) is 47.5 Å². The van der Waals surface area contributed by atoms with Crippen LogP contribution in [0.15, 0.2) is 76.5 Å². The highest BCUT2D eigenvalue weighted by Gasteiger charge is 2.31. The number of nitrogens with zero attached hydrogens (tertiary/aromatic N) is 3. The number of hydrogen-bond donors (Lipinski definition) is 1. The molecule has 1 amide bonds. The van der Waals surface area contributed by atoms with Gasteiger partial charge in [-0.25, -0.2) is 17.8 Å². The lowest BCUT2D eigenvalue weighted by Gasteiger charge is -2.24. The van der Waals surface area contributed by atoms with E-state index in [1.54, 1.807) is 0 Å². The van der Waals surface area contributed by atoms with Gasteiger partial charge in [0.15, 0.2) is 5.82 Å². The van der Waals surface area contributed by atoms with E-state index in [1.165, 1.54) is 38.7 Å². The summed E-state index contributed by atoms with van der Waals surface area (Å²) in [6, 6.07) is 9.77. The Labute approximate surface area is 225 Å². The van der Waals surface area contributed by atoms with Crippen molar-refractivity contribution in [1.29, 1.82) is 0 Å². The van der Waals surface area contributed by atoms with Gasteiger partial charge in [0.25, 0.3) is 15.9 Å². The van der Waals surface area contributed by atoms with Crippen molar-refractivity contribution in [3.63, 3.8) is 0 Å². The Hall–Kier alpha value is -4.50. The summed E-state index contributed by atoms with van der Waals surface area (Å²) >= 11 is 0. The lowest BCUT2D eigenvalue weighted by atomic mass is 10.0. The minimum absolute atomic E-state index is 0.0675. The van der Waals surface area contributed by atoms with Crippen molar-refractivity contribution < 1.29 is 44.8 Å². The highest BCUT2D eigenvalue weighted by Crippen LogP contribution is 2.40. The van der Waals surface area contributed by atoms with E-state index in [-0.39, 0.29) is 39.1 Å². The number of anilines is 3. The number of carbonyl (C=O) groups is 1. The number of rotatable bonds is 9. The van der Waals surface area contributed by atoms with Gasteiger partial charge in [-0.05, 0) is 35.9 Å². The molecule has 0 aliphatic heterocycles. The first kappa shape index (κ1) is 28.5. The van der Waals surface area contributed by atoms with Gasteiger partial charge in [0.05, 0.1) is 18.4 Å². The Morgan fingerprint density at radius 2 is 1.88 bits per heavy atom. The normalized spacial score (nSPS) is 11.8. The highest BCUT2D eigenvalue weighted by molar-refractivity contribution is 7.92. The third kappa shape index (κ3) is 6.05. The number of amides is 1. The Morgan fingerprint density at radius 3 is 2.48 bits per heavy atom. The van der Waals surface area contributed by atoms with E-state index < -0.39 is 40.1 Å². The zero-order valence-electron chi connectivity index (χ0n) is 20.8. The fraction of sp³-hybridized carbons (Fsp3) is 0.160. The summed E-state index contributed by atoms with van der Waals surface area (Å²) in [5, 5.41) is 3.47. The zero-order chi connectivity index (χ0) is 29.1. The van der Waals surface area contributed by atoms with Gasteiger partial charge in [0.1, 0.15) is 35.2 Å². The number of halogens is 4. The lowest BCUT2D eigenvalue weighted by molar-refractivity contribution is -0.137. The van der Waals surface area contributed by atoms with Gasteiger partial charge in [-0.2, -0.15) is 13.2 Å². The molecule has 0 fully saturated rings. The SMILES string of the molecule is COCC(=O)N(c1ccc(S(=O)(=O)Nc2ccon2)cn1)c1cc(F)c(-c2cccc(C(F)(F)F)c2)cc1OC. The minimum atomic E-state index is -4.64. The van der Waals surface area contributed by atoms with Gasteiger partial charge < -0.3 is 14.0 Å². The summed E-state index contributed by atoms with van der Waals surface area (Å²) < 4.78 is 97.3. The van der Waals surface area contributed by atoms with Crippen LogP contribution in [0.4, 0.5) is 34.9 Å². The standard InChI is InChI=1S/C25H20F4N4O6S/c1-37-14-24(34)33(23-7-6-17(13-30-23)40(35,36)32-22-8-9-39-31-22)20-12-19(26)18(11-21(20)38-2)15-4-3-5-16(10-15)25(27,28)29/h3-13H,14H2,1-2H3,(H,31,32). The monoisotopic (exact) mass is 580 g/mol. The van der Waals surface area contributed by atoms with Gasteiger partial charge >= 0.3 is 6.18 Å². The number of pyridine rings is 1. The number of aromatic nitrogens is 2.